The zero-order chi connectivity index (χ0) is 17.2. The van der Waals surface area contributed by atoms with Gasteiger partial charge in [0.25, 0.3) is 0 Å². The maximum Gasteiger partial charge on any atom is 0.219 e. The van der Waals surface area contributed by atoms with E-state index in [9.17, 15) is 4.39 Å². The predicted octanol–water partition coefficient (Wildman–Crippen LogP) is 3.87. The zero-order valence-corrected chi connectivity index (χ0v) is 16.4. The first-order valence-electron chi connectivity index (χ1n) is 7.72. The third-order valence-corrected chi connectivity index (χ3v) is 3.01. The molecule has 1 heterocycles. The monoisotopic (exact) mass is 456 g/mol. The van der Waals surface area contributed by atoms with E-state index in [-0.39, 0.29) is 29.8 Å². The van der Waals surface area contributed by atoms with Crippen LogP contribution in [0.3, 0.4) is 0 Å². The zero-order valence-electron chi connectivity index (χ0n) is 14.0. The van der Waals surface area contributed by atoms with Crippen LogP contribution in [0.2, 0.25) is 0 Å². The van der Waals surface area contributed by atoms with Crippen LogP contribution in [0.4, 0.5) is 4.39 Å². The fourth-order valence-electron chi connectivity index (χ4n) is 1.91. The highest BCUT2D eigenvalue weighted by Gasteiger charge is 2.02. The minimum absolute atomic E-state index is 0. The molecule has 0 atom stereocenters. The van der Waals surface area contributed by atoms with Gasteiger partial charge in [0.05, 0.1) is 6.54 Å². The van der Waals surface area contributed by atoms with E-state index in [1.807, 2.05) is 19.1 Å². The molecule has 1 aromatic carbocycles. The van der Waals surface area contributed by atoms with Crippen LogP contribution in [0.25, 0.3) is 0 Å². The molecule has 0 aliphatic carbocycles. The first-order chi connectivity index (χ1) is 11.7. The maximum absolute atomic E-state index is 12.9. The average Bonchev–Trinajstić information content (AvgIpc) is 2.60. The van der Waals surface area contributed by atoms with Gasteiger partial charge in [0.1, 0.15) is 11.6 Å². The predicted molar refractivity (Wildman–Crippen MR) is 109 cm³/mol. The van der Waals surface area contributed by atoms with Crippen LogP contribution in [0.15, 0.2) is 60.2 Å². The summed E-state index contributed by atoms with van der Waals surface area (Å²) < 4.78 is 18.5. The van der Waals surface area contributed by atoms with Gasteiger partial charge in [-0.1, -0.05) is 6.08 Å². The lowest BCUT2D eigenvalue weighted by Gasteiger charge is -2.10. The molecule has 0 bridgehead atoms. The number of halogens is 2. The standard InChI is InChI=1S/C18H21FN4O.HI/c1-3-10-22-18(20-4-2)23-13-14-9-11-21-17(12-14)24-16-7-5-15(19)6-8-16;/h3,5-9,11-12H,1,4,10,13H2,2H3,(H2,20,22,23);1H. The molecule has 0 radical (unpaired) electrons. The molecule has 1 aromatic heterocycles. The SMILES string of the molecule is C=CCNC(=NCc1ccnc(Oc2ccc(F)cc2)c1)NCC.I. The highest BCUT2D eigenvalue weighted by Crippen LogP contribution is 2.20. The van der Waals surface area contributed by atoms with Gasteiger partial charge in [-0.2, -0.15) is 0 Å². The van der Waals surface area contributed by atoms with Crippen LogP contribution in [-0.2, 0) is 6.54 Å². The normalized spacial score (nSPS) is 10.6. The Bertz CT molecular complexity index is 692. The molecule has 2 rings (SSSR count). The van der Waals surface area contributed by atoms with Gasteiger partial charge in [-0.3, -0.25) is 0 Å². The summed E-state index contributed by atoms with van der Waals surface area (Å²) in [6.07, 6.45) is 3.43. The van der Waals surface area contributed by atoms with Gasteiger partial charge >= 0.3 is 0 Å². The van der Waals surface area contributed by atoms with Crippen molar-refractivity contribution in [2.75, 3.05) is 13.1 Å². The Balaban J connectivity index is 0.00000312. The lowest BCUT2D eigenvalue weighted by Crippen LogP contribution is -2.37. The maximum atomic E-state index is 12.9. The minimum Gasteiger partial charge on any atom is -0.439 e. The van der Waals surface area contributed by atoms with E-state index in [4.69, 9.17) is 4.74 Å². The number of hydrogen-bond acceptors (Lipinski definition) is 3. The van der Waals surface area contributed by atoms with Crippen LogP contribution >= 0.6 is 24.0 Å². The topological polar surface area (TPSA) is 58.5 Å². The summed E-state index contributed by atoms with van der Waals surface area (Å²) in [6.45, 7) is 7.58. The molecule has 5 nitrogen and oxygen atoms in total. The quantitative estimate of drug-likeness (QED) is 0.288. The lowest BCUT2D eigenvalue weighted by atomic mass is 10.2. The summed E-state index contributed by atoms with van der Waals surface area (Å²) in [5.41, 5.74) is 0.956. The highest BCUT2D eigenvalue weighted by molar-refractivity contribution is 14.0. The number of ether oxygens (including phenoxy) is 1. The number of guanidine groups is 1. The van der Waals surface area contributed by atoms with Crippen molar-refractivity contribution in [3.8, 4) is 11.6 Å². The summed E-state index contributed by atoms with van der Waals surface area (Å²) in [6, 6.07) is 9.49. The van der Waals surface area contributed by atoms with Crippen molar-refractivity contribution >= 4 is 29.9 Å². The van der Waals surface area contributed by atoms with Crippen molar-refractivity contribution < 1.29 is 9.13 Å². The van der Waals surface area contributed by atoms with Gasteiger partial charge in [-0.15, -0.1) is 30.6 Å². The van der Waals surface area contributed by atoms with Crippen molar-refractivity contribution in [2.24, 2.45) is 4.99 Å². The number of nitrogens with one attached hydrogen (secondary N) is 2. The van der Waals surface area contributed by atoms with Gasteiger partial charge in [0.15, 0.2) is 5.96 Å². The molecule has 134 valence electrons. The molecule has 0 saturated heterocycles. The summed E-state index contributed by atoms with van der Waals surface area (Å²) in [7, 11) is 0. The van der Waals surface area contributed by atoms with E-state index in [0.717, 1.165) is 18.1 Å². The molecule has 0 unspecified atom stereocenters. The number of rotatable bonds is 7. The molecular weight excluding hydrogens is 434 g/mol. The van der Waals surface area contributed by atoms with Crippen molar-refractivity contribution in [3.05, 3.63) is 66.6 Å². The summed E-state index contributed by atoms with van der Waals surface area (Å²) in [5, 5.41) is 6.29. The van der Waals surface area contributed by atoms with Crippen molar-refractivity contribution in [1.82, 2.24) is 15.6 Å². The Labute approximate surface area is 164 Å². The van der Waals surface area contributed by atoms with E-state index in [1.165, 1.54) is 12.1 Å². The Morgan fingerprint density at radius 3 is 2.72 bits per heavy atom. The van der Waals surface area contributed by atoms with Crippen molar-refractivity contribution in [1.29, 1.82) is 0 Å². The van der Waals surface area contributed by atoms with Crippen molar-refractivity contribution in [2.45, 2.75) is 13.5 Å². The van der Waals surface area contributed by atoms with Crippen LogP contribution in [0, 0.1) is 5.82 Å². The van der Waals surface area contributed by atoms with Gasteiger partial charge in [0.2, 0.25) is 5.88 Å². The van der Waals surface area contributed by atoms with E-state index < -0.39 is 0 Å². The smallest absolute Gasteiger partial charge is 0.219 e. The fraction of sp³-hybridized carbons (Fsp3) is 0.222. The number of aliphatic imine (C=N–C) groups is 1. The average molecular weight is 456 g/mol. The van der Waals surface area contributed by atoms with Gasteiger partial charge in [-0.25, -0.2) is 14.4 Å². The molecule has 7 heteroatoms. The minimum atomic E-state index is -0.304. The Hall–Kier alpha value is -2.16. The van der Waals surface area contributed by atoms with Crippen molar-refractivity contribution in [3.63, 3.8) is 0 Å². The number of benzene rings is 1. The first kappa shape index (κ1) is 20.9. The van der Waals surface area contributed by atoms with E-state index in [2.05, 4.69) is 27.2 Å². The lowest BCUT2D eigenvalue weighted by molar-refractivity contribution is 0.460. The summed E-state index contributed by atoms with van der Waals surface area (Å²) in [4.78, 5) is 8.66. The van der Waals surface area contributed by atoms with Gasteiger partial charge in [0, 0.05) is 25.4 Å². The third kappa shape index (κ3) is 7.51. The molecule has 0 saturated carbocycles. The highest BCUT2D eigenvalue weighted by atomic mass is 127. The third-order valence-electron chi connectivity index (χ3n) is 3.01. The van der Waals surface area contributed by atoms with Gasteiger partial charge in [-0.05, 0) is 42.8 Å². The number of pyridine rings is 1. The Morgan fingerprint density at radius 2 is 2.04 bits per heavy atom. The number of hydrogen-bond donors (Lipinski definition) is 2. The molecule has 0 amide bonds. The van der Waals surface area contributed by atoms with Crippen LogP contribution in [0.1, 0.15) is 12.5 Å². The molecule has 25 heavy (non-hydrogen) atoms. The van der Waals surface area contributed by atoms with Gasteiger partial charge < -0.3 is 15.4 Å². The molecule has 2 N–H and O–H groups in total. The van der Waals surface area contributed by atoms with E-state index >= 15 is 0 Å². The largest absolute Gasteiger partial charge is 0.439 e. The summed E-state index contributed by atoms with van der Waals surface area (Å²) >= 11 is 0. The summed E-state index contributed by atoms with van der Waals surface area (Å²) in [5.74, 6) is 1.39. The first-order valence-corrected chi connectivity index (χ1v) is 7.72. The van der Waals surface area contributed by atoms with Crippen LogP contribution < -0.4 is 15.4 Å². The molecule has 0 aliphatic rings. The fourth-order valence-corrected chi connectivity index (χ4v) is 1.91. The van der Waals surface area contributed by atoms with E-state index in [0.29, 0.717) is 24.7 Å². The second-order valence-electron chi connectivity index (χ2n) is 4.92. The number of nitrogens with zero attached hydrogens (tertiary/aromatic N) is 2. The van der Waals surface area contributed by atoms with Crippen LogP contribution in [-0.4, -0.2) is 24.0 Å². The Morgan fingerprint density at radius 1 is 1.28 bits per heavy atom. The molecular formula is C18H22FIN4O. The molecule has 0 spiro atoms. The molecule has 2 aromatic rings. The second kappa shape index (κ2) is 11.4. The van der Waals surface area contributed by atoms with Crippen LogP contribution in [0.5, 0.6) is 11.6 Å². The molecule has 0 fully saturated rings. The Kier molecular flexibility index (Phi) is 9.53. The van der Waals surface area contributed by atoms with E-state index in [1.54, 1.807) is 24.4 Å². The molecule has 0 aliphatic heterocycles. The second-order valence-corrected chi connectivity index (χ2v) is 4.92. The number of aromatic nitrogens is 1.